The van der Waals surface area contributed by atoms with Crippen molar-refractivity contribution in [2.45, 2.75) is 38.9 Å². The van der Waals surface area contributed by atoms with Gasteiger partial charge >= 0.3 is 7.12 Å². The molecule has 0 N–H and O–H groups in total. The maximum atomic E-state index is 9.18. The minimum absolute atomic E-state index is 0.0178. The molecule has 1 aliphatic rings. The van der Waals surface area contributed by atoms with E-state index in [1.807, 2.05) is 76.2 Å². The molecule has 0 aromatic heterocycles. The molecule has 0 radical (unpaired) electrons. The highest BCUT2D eigenvalue weighted by atomic mass is 16.7. The Morgan fingerprint density at radius 1 is 0.600 bits per heavy atom. The quantitative estimate of drug-likeness (QED) is 0.257. The third-order valence-corrected chi connectivity index (χ3v) is 7.15. The Kier molecular flexibility index (Phi) is 3.77. The van der Waals surface area contributed by atoms with Gasteiger partial charge in [-0.25, -0.2) is 0 Å². The van der Waals surface area contributed by atoms with Gasteiger partial charge in [-0.3, -0.25) is 0 Å². The van der Waals surface area contributed by atoms with E-state index in [9.17, 15) is 1.37 Å². The minimum atomic E-state index is -0.760. The normalized spacial score (nSPS) is 19.1. The van der Waals surface area contributed by atoms with Crippen LogP contribution in [0.3, 0.4) is 0 Å². The first-order chi connectivity index (χ1) is 19.3. The second-order valence-corrected chi connectivity index (χ2v) is 9.99. The van der Waals surface area contributed by atoms with Crippen molar-refractivity contribution in [1.29, 1.82) is 0 Å². The van der Waals surface area contributed by atoms with Crippen LogP contribution in [0.25, 0.3) is 43.8 Å². The zero-order chi connectivity index (χ0) is 29.4. The third kappa shape index (κ3) is 3.85. The number of rotatable bonds is 3. The molecule has 5 aromatic carbocycles. The van der Waals surface area contributed by atoms with E-state index in [4.69, 9.17) is 16.2 Å². The Hall–Kier alpha value is -3.40. The predicted octanol–water partition coefficient (Wildman–Crippen LogP) is 7.63. The molecule has 3 heteroatoms. The van der Waals surface area contributed by atoms with Gasteiger partial charge in [-0.05, 0) is 95.1 Å². The van der Waals surface area contributed by atoms with Crippen LogP contribution in [-0.4, -0.2) is 18.3 Å². The average molecular weight is 462 g/mol. The van der Waals surface area contributed by atoms with Crippen molar-refractivity contribution in [1.82, 2.24) is 0 Å². The molecule has 1 aliphatic heterocycles. The van der Waals surface area contributed by atoms with Gasteiger partial charge < -0.3 is 9.31 Å². The second kappa shape index (κ2) is 8.08. The zero-order valence-corrected chi connectivity index (χ0v) is 20.2. The van der Waals surface area contributed by atoms with Crippen LogP contribution in [0, 0.1) is 0 Å². The van der Waals surface area contributed by atoms with Gasteiger partial charge in [0, 0.05) is 0 Å². The molecule has 0 unspecified atom stereocenters. The summed E-state index contributed by atoms with van der Waals surface area (Å²) < 4.78 is 66.6. The van der Waals surface area contributed by atoms with Gasteiger partial charge in [-0.15, -0.1) is 0 Å². The van der Waals surface area contributed by atoms with Crippen molar-refractivity contribution in [3.05, 3.63) is 103 Å². The molecule has 5 aromatic rings. The first kappa shape index (κ1) is 16.3. The van der Waals surface area contributed by atoms with Crippen molar-refractivity contribution < 1.29 is 17.5 Å². The van der Waals surface area contributed by atoms with E-state index >= 15 is 0 Å². The number of fused-ring (bicyclic) bond motifs is 2. The van der Waals surface area contributed by atoms with E-state index < -0.39 is 18.3 Å². The molecule has 0 atom stereocenters. The predicted molar refractivity (Wildman–Crippen MR) is 148 cm³/mol. The lowest BCUT2D eigenvalue weighted by atomic mass is 9.74. The van der Waals surface area contributed by atoms with E-state index in [0.717, 1.165) is 10.8 Å². The van der Waals surface area contributed by atoms with E-state index in [1.54, 1.807) is 18.2 Å². The molecule has 1 heterocycles. The summed E-state index contributed by atoms with van der Waals surface area (Å²) in [7, 11) is -0.760. The highest BCUT2D eigenvalue weighted by Crippen LogP contribution is 2.37. The summed E-state index contributed by atoms with van der Waals surface area (Å²) in [6.07, 6.45) is 0. The minimum Gasteiger partial charge on any atom is -0.399 e. The van der Waals surface area contributed by atoms with E-state index in [2.05, 4.69) is 0 Å². The Labute approximate surface area is 216 Å². The van der Waals surface area contributed by atoms with Crippen molar-refractivity contribution in [2.24, 2.45) is 0 Å². The summed E-state index contributed by atoms with van der Waals surface area (Å²) in [5.41, 5.74) is 0.855. The van der Waals surface area contributed by atoms with E-state index in [1.165, 1.54) is 0 Å². The maximum Gasteiger partial charge on any atom is 0.495 e. The number of benzene rings is 5. The number of hydrogen-bond acceptors (Lipinski definition) is 2. The van der Waals surface area contributed by atoms with Gasteiger partial charge in [0.15, 0.2) is 0 Å². The Balaban J connectivity index is 1.60. The molecule has 1 fully saturated rings. The summed E-state index contributed by atoms with van der Waals surface area (Å²) in [5.74, 6) is 0. The van der Waals surface area contributed by atoms with Crippen LogP contribution in [0.4, 0.5) is 0 Å². The topological polar surface area (TPSA) is 18.5 Å². The molecule has 6 rings (SSSR count). The van der Waals surface area contributed by atoms with Gasteiger partial charge in [0.1, 0.15) is 0 Å². The van der Waals surface area contributed by atoms with Crippen molar-refractivity contribution in [3.8, 4) is 22.3 Å². The summed E-state index contributed by atoms with van der Waals surface area (Å²) >= 11 is 0. The zero-order valence-electron chi connectivity index (χ0n) is 26.2. The van der Waals surface area contributed by atoms with Crippen LogP contribution in [-0.2, 0) is 9.31 Å². The molecule has 0 amide bonds. The smallest absolute Gasteiger partial charge is 0.399 e. The third-order valence-electron chi connectivity index (χ3n) is 7.15. The van der Waals surface area contributed by atoms with Crippen LogP contribution < -0.4 is 5.46 Å². The van der Waals surface area contributed by atoms with Crippen molar-refractivity contribution in [2.75, 3.05) is 0 Å². The first-order valence-electron chi connectivity index (χ1n) is 14.8. The molecule has 1 saturated heterocycles. The number of hydrogen-bond donors (Lipinski definition) is 0. The first-order valence-corrected chi connectivity index (χ1v) is 11.8. The molecule has 0 saturated carbocycles. The van der Waals surface area contributed by atoms with Gasteiger partial charge in [0.05, 0.1) is 19.4 Å². The van der Waals surface area contributed by atoms with Gasteiger partial charge in [0.25, 0.3) is 0 Å². The van der Waals surface area contributed by atoms with Crippen molar-refractivity contribution >= 4 is 34.1 Å². The molecule has 0 spiro atoms. The molecular formula is C32H29BO2. The largest absolute Gasteiger partial charge is 0.495 e. The van der Waals surface area contributed by atoms with Crippen LogP contribution in [0.15, 0.2) is 103 Å². The maximum absolute atomic E-state index is 9.18. The van der Waals surface area contributed by atoms with Crippen LogP contribution >= 0.6 is 0 Å². The lowest BCUT2D eigenvalue weighted by molar-refractivity contribution is 0.00578. The molecule has 0 aliphatic carbocycles. The van der Waals surface area contributed by atoms with Gasteiger partial charge in [-0.2, -0.15) is 0 Å². The van der Waals surface area contributed by atoms with Gasteiger partial charge in [-0.1, -0.05) is 84.8 Å². The molecule has 0 bridgehead atoms. The van der Waals surface area contributed by atoms with E-state index in [0.29, 0.717) is 16.6 Å². The molecule has 35 heavy (non-hydrogen) atoms. The van der Waals surface area contributed by atoms with E-state index in [-0.39, 0.29) is 58.2 Å². The summed E-state index contributed by atoms with van der Waals surface area (Å²) in [5, 5.41) is 1.98. The highest BCUT2D eigenvalue weighted by Gasteiger charge is 2.52. The Bertz CT molecular complexity index is 1870. The SMILES string of the molecule is [2H]c1c(-c2ccccc2B2OC(C)(C)C(C)(C)O2)c([2H])c2c([2H])c([2H])c(-c3ccc4ccccc4c3)c([2H])c2c1[2H]. The average Bonchev–Trinajstić information content (AvgIpc) is 3.16. The Morgan fingerprint density at radius 2 is 1.20 bits per heavy atom. The molecule has 172 valence electrons. The Morgan fingerprint density at radius 3 is 1.94 bits per heavy atom. The standard InChI is InChI=1S/C32H29BO2/c1-31(2)32(3,4)35-33(34-31)30-12-8-7-11-29(30)28-18-17-26-20-25(15-16-27(26)21-28)24-14-13-22-9-5-6-10-23(22)19-24/h5-21H,1-4H3/i15D,16D,17D,18D,20D,21D. The fraction of sp³-hybridized carbons (Fsp3) is 0.188. The van der Waals surface area contributed by atoms with Crippen molar-refractivity contribution in [3.63, 3.8) is 0 Å². The highest BCUT2D eigenvalue weighted by molar-refractivity contribution is 6.63. The van der Waals surface area contributed by atoms with Gasteiger partial charge in [0.2, 0.25) is 0 Å². The van der Waals surface area contributed by atoms with Crippen LogP contribution in [0.1, 0.15) is 35.9 Å². The molecular weight excluding hydrogens is 427 g/mol. The molecule has 2 nitrogen and oxygen atoms in total. The second-order valence-electron chi connectivity index (χ2n) is 9.99. The summed E-state index contributed by atoms with van der Waals surface area (Å²) in [6.45, 7) is 7.80. The summed E-state index contributed by atoms with van der Waals surface area (Å²) in [4.78, 5) is 0. The van der Waals surface area contributed by atoms with Crippen LogP contribution in [0.5, 0.6) is 0 Å². The lowest BCUT2D eigenvalue weighted by Crippen LogP contribution is -2.41. The fourth-order valence-corrected chi connectivity index (χ4v) is 4.40. The summed E-state index contributed by atoms with van der Waals surface area (Å²) in [6, 6.07) is 19.3. The lowest BCUT2D eigenvalue weighted by Gasteiger charge is -2.32. The van der Waals surface area contributed by atoms with Crippen LogP contribution in [0.2, 0.25) is 0 Å². The fourth-order valence-electron chi connectivity index (χ4n) is 4.40. The monoisotopic (exact) mass is 462 g/mol.